The molecule has 4 rings (SSSR count). The first kappa shape index (κ1) is 37.4. The maximum absolute atomic E-state index is 16.1. The third kappa shape index (κ3) is 8.25. The summed E-state index contributed by atoms with van der Waals surface area (Å²) in [6.07, 6.45) is 0.718. The molecule has 3 aromatic carbocycles. The molecule has 4 aromatic rings. The molecule has 1 unspecified atom stereocenters. The molecular formula is C33H31ClF5N5O4. The van der Waals surface area contributed by atoms with Gasteiger partial charge >= 0.3 is 6.55 Å². The van der Waals surface area contributed by atoms with Crippen LogP contribution in [0.2, 0.25) is 5.02 Å². The monoisotopic (exact) mass is 691 g/mol. The average Bonchev–Trinajstić information content (AvgIpc) is 3.05. The number of nitrogen functional groups attached to an aromatic ring is 1. The van der Waals surface area contributed by atoms with Crippen molar-refractivity contribution in [2.24, 2.45) is 10.7 Å². The number of hydrogen-bond donors (Lipinski definition) is 5. The van der Waals surface area contributed by atoms with E-state index in [4.69, 9.17) is 28.2 Å². The summed E-state index contributed by atoms with van der Waals surface area (Å²) in [5.74, 6) is -6.45. The summed E-state index contributed by atoms with van der Waals surface area (Å²) in [4.78, 5) is 33.0. The number of anilines is 1. The van der Waals surface area contributed by atoms with Gasteiger partial charge in [0.2, 0.25) is 5.91 Å². The maximum atomic E-state index is 16.1. The van der Waals surface area contributed by atoms with E-state index >= 15 is 8.78 Å². The zero-order valence-corrected chi connectivity index (χ0v) is 26.5. The number of phenolic OH excluding ortho intramolecular Hbond substituents is 1. The molecule has 0 saturated carbocycles. The normalized spacial score (nSPS) is 12.1. The van der Waals surface area contributed by atoms with Crippen molar-refractivity contribution >= 4 is 35.3 Å². The van der Waals surface area contributed by atoms with Crippen LogP contribution in [0, 0.1) is 17.5 Å². The quantitative estimate of drug-likeness (QED) is 0.0359. The predicted octanol–water partition coefficient (Wildman–Crippen LogP) is 5.68. The lowest BCUT2D eigenvalue weighted by Crippen LogP contribution is -2.37. The van der Waals surface area contributed by atoms with E-state index in [0.717, 1.165) is 31.5 Å². The number of aromatic nitrogens is 1. The van der Waals surface area contributed by atoms with Crippen molar-refractivity contribution in [1.82, 2.24) is 10.3 Å². The highest BCUT2D eigenvalue weighted by Gasteiger charge is 2.35. The van der Waals surface area contributed by atoms with Gasteiger partial charge in [0.1, 0.15) is 23.1 Å². The minimum absolute atomic E-state index is 0.0666. The Morgan fingerprint density at radius 3 is 2.29 bits per heavy atom. The standard InChI is InChI=1S/C32H27ClF5N5O3.CH4O/c1-32(2,30(40)46)20-11-24(43-28(26(20)36)18-10-21(33)23(35)12-22(18)34)19(15-6-4-3-5-7-15)14-41-29(45)16-8-17(13-42-31(37)38)27(39)25(44)9-16;1-2/h3-13,19,31,44H,14,39H2,1-2H3,(H2,40,46)(H,41,45);2H,1H3/b42-13+;. The van der Waals surface area contributed by atoms with Gasteiger partial charge in [0.05, 0.1) is 21.8 Å². The Kier molecular flexibility index (Phi) is 12.2. The van der Waals surface area contributed by atoms with Gasteiger partial charge in [-0.2, -0.15) is 8.78 Å². The second-order valence-electron chi connectivity index (χ2n) is 10.7. The van der Waals surface area contributed by atoms with Crippen molar-refractivity contribution in [3.05, 3.63) is 111 Å². The molecule has 1 atom stereocenters. The average molecular weight is 692 g/mol. The number of nitrogens with two attached hydrogens (primary N) is 2. The van der Waals surface area contributed by atoms with Crippen LogP contribution < -0.4 is 16.8 Å². The Balaban J connectivity index is 0.00000307. The zero-order valence-electron chi connectivity index (χ0n) is 25.7. The predicted molar refractivity (Wildman–Crippen MR) is 172 cm³/mol. The molecule has 0 aliphatic heterocycles. The van der Waals surface area contributed by atoms with Gasteiger partial charge in [-0.3, -0.25) is 9.59 Å². The third-order valence-electron chi connectivity index (χ3n) is 7.34. The van der Waals surface area contributed by atoms with Gasteiger partial charge in [0, 0.05) is 54.1 Å². The Bertz CT molecular complexity index is 1840. The minimum Gasteiger partial charge on any atom is -0.506 e. The molecule has 9 nitrogen and oxygen atoms in total. The Hall–Kier alpha value is -5.08. The largest absolute Gasteiger partial charge is 0.506 e. The number of rotatable bonds is 10. The molecule has 7 N–H and O–H groups in total. The fourth-order valence-corrected chi connectivity index (χ4v) is 4.77. The number of carbonyl (C=O) groups excluding carboxylic acids is 2. The summed E-state index contributed by atoms with van der Waals surface area (Å²) < 4.78 is 70.4. The molecule has 0 bridgehead atoms. The molecule has 15 heteroatoms. The van der Waals surface area contributed by atoms with Crippen LogP contribution in [0.3, 0.4) is 0 Å². The molecule has 0 saturated heterocycles. The Morgan fingerprint density at radius 2 is 1.69 bits per heavy atom. The molecule has 48 heavy (non-hydrogen) atoms. The molecule has 2 amide bonds. The lowest BCUT2D eigenvalue weighted by molar-refractivity contribution is -0.122. The van der Waals surface area contributed by atoms with Crippen molar-refractivity contribution in [1.29, 1.82) is 0 Å². The number of halogens is 6. The molecule has 1 aromatic heterocycles. The van der Waals surface area contributed by atoms with Crippen LogP contribution in [0.25, 0.3) is 11.3 Å². The van der Waals surface area contributed by atoms with Gasteiger partial charge in [-0.05, 0) is 43.7 Å². The number of aromatic hydroxyl groups is 1. The van der Waals surface area contributed by atoms with E-state index in [1.165, 1.54) is 19.9 Å². The third-order valence-corrected chi connectivity index (χ3v) is 7.63. The number of benzene rings is 3. The number of pyridine rings is 1. The first-order valence-corrected chi connectivity index (χ1v) is 14.4. The lowest BCUT2D eigenvalue weighted by Gasteiger charge is -2.26. The van der Waals surface area contributed by atoms with Gasteiger partial charge in [0.25, 0.3) is 5.91 Å². The number of nitrogens with one attached hydrogen (secondary N) is 1. The highest BCUT2D eigenvalue weighted by Crippen LogP contribution is 2.37. The summed E-state index contributed by atoms with van der Waals surface area (Å²) in [5, 5.41) is 19.4. The number of aliphatic hydroxyl groups excluding tert-OH is 1. The fourth-order valence-electron chi connectivity index (χ4n) is 4.61. The number of nitrogens with zero attached hydrogens (tertiary/aromatic N) is 2. The van der Waals surface area contributed by atoms with Crippen LogP contribution in [0.15, 0.2) is 65.7 Å². The van der Waals surface area contributed by atoms with E-state index < -0.39 is 69.2 Å². The summed E-state index contributed by atoms with van der Waals surface area (Å²) in [5.41, 5.74) is 8.44. The highest BCUT2D eigenvalue weighted by molar-refractivity contribution is 6.31. The number of carbonyl (C=O) groups is 2. The van der Waals surface area contributed by atoms with Crippen LogP contribution in [0.5, 0.6) is 5.75 Å². The number of alkyl halides is 2. The molecular weight excluding hydrogens is 661 g/mol. The second-order valence-corrected chi connectivity index (χ2v) is 11.1. The highest BCUT2D eigenvalue weighted by atomic mass is 35.5. The van der Waals surface area contributed by atoms with Crippen molar-refractivity contribution in [3.63, 3.8) is 0 Å². The van der Waals surface area contributed by atoms with E-state index in [1.54, 1.807) is 30.3 Å². The lowest BCUT2D eigenvalue weighted by atomic mass is 9.81. The number of aliphatic hydroxyl groups is 1. The van der Waals surface area contributed by atoms with E-state index in [-0.39, 0.29) is 34.6 Å². The molecule has 0 aliphatic carbocycles. The second kappa shape index (κ2) is 15.7. The van der Waals surface area contributed by atoms with Crippen LogP contribution >= 0.6 is 11.6 Å². The molecule has 1 heterocycles. The molecule has 0 spiro atoms. The smallest absolute Gasteiger partial charge is 0.331 e. The van der Waals surface area contributed by atoms with Crippen molar-refractivity contribution < 1.29 is 41.8 Å². The summed E-state index contributed by atoms with van der Waals surface area (Å²) in [7, 11) is 1.00. The number of primary amides is 1. The van der Waals surface area contributed by atoms with Crippen LogP contribution in [-0.2, 0) is 10.2 Å². The van der Waals surface area contributed by atoms with E-state index in [1.807, 2.05) is 0 Å². The zero-order chi connectivity index (χ0) is 35.9. The first-order chi connectivity index (χ1) is 22.6. The number of phenols is 1. The summed E-state index contributed by atoms with van der Waals surface area (Å²) in [6.45, 7) is -0.563. The van der Waals surface area contributed by atoms with Crippen LogP contribution in [-0.4, -0.2) is 53.4 Å². The number of amides is 2. The topological polar surface area (TPSA) is 164 Å². The minimum atomic E-state index is -3.05. The van der Waals surface area contributed by atoms with Gasteiger partial charge < -0.3 is 27.0 Å². The Morgan fingerprint density at radius 1 is 1.04 bits per heavy atom. The van der Waals surface area contributed by atoms with Crippen LogP contribution in [0.4, 0.5) is 27.6 Å². The van der Waals surface area contributed by atoms with Gasteiger partial charge in [0.15, 0.2) is 5.82 Å². The van der Waals surface area contributed by atoms with E-state index in [0.29, 0.717) is 11.6 Å². The summed E-state index contributed by atoms with van der Waals surface area (Å²) >= 11 is 5.89. The maximum Gasteiger partial charge on any atom is 0.331 e. The molecule has 0 aliphatic rings. The fraction of sp³-hybridized carbons (Fsp3) is 0.212. The Labute approximate surface area is 277 Å². The van der Waals surface area contributed by atoms with E-state index in [2.05, 4.69) is 15.3 Å². The van der Waals surface area contributed by atoms with Crippen molar-refractivity contribution in [2.75, 3.05) is 19.4 Å². The van der Waals surface area contributed by atoms with Crippen molar-refractivity contribution in [3.8, 4) is 17.0 Å². The summed E-state index contributed by atoms with van der Waals surface area (Å²) in [6, 6.07) is 13.3. The van der Waals surface area contributed by atoms with Crippen LogP contribution in [0.1, 0.15) is 52.5 Å². The van der Waals surface area contributed by atoms with Gasteiger partial charge in [-0.25, -0.2) is 23.1 Å². The van der Waals surface area contributed by atoms with Gasteiger partial charge in [-0.1, -0.05) is 41.9 Å². The van der Waals surface area contributed by atoms with Gasteiger partial charge in [-0.15, -0.1) is 0 Å². The first-order valence-electron chi connectivity index (χ1n) is 14.0. The van der Waals surface area contributed by atoms with Crippen molar-refractivity contribution in [2.45, 2.75) is 31.7 Å². The van der Waals surface area contributed by atoms with E-state index in [9.17, 15) is 27.9 Å². The molecule has 254 valence electrons. The molecule has 0 fully saturated rings. The molecule has 0 radical (unpaired) electrons. The SMILES string of the molecule is CC(C)(C(N)=O)c1cc(C(CNC(=O)c2cc(O)c(N)c(/C=N/C(F)F)c2)c2ccccc2)nc(-c2cc(Cl)c(F)cc2F)c1F.CO. The number of hydrogen-bond acceptors (Lipinski definition) is 7. The number of aliphatic imine (C=N–C) groups is 1.